The quantitative estimate of drug-likeness (QED) is 0.0319. The van der Waals surface area contributed by atoms with Crippen molar-refractivity contribution in [3.8, 4) is 103 Å². The number of hydrogen-bond acceptors (Lipinski definition) is 12. The Bertz CT molecular complexity index is 3530. The van der Waals surface area contributed by atoms with Gasteiger partial charge in [0.05, 0.1) is 62.9 Å². The molecule has 0 aliphatic carbocycles. The number of benzene rings is 4. The van der Waals surface area contributed by atoms with Crippen LogP contribution in [0.25, 0.3) is 89.7 Å². The molecule has 2 aliphatic heterocycles. The van der Waals surface area contributed by atoms with Gasteiger partial charge in [0.15, 0.2) is 34.5 Å². The summed E-state index contributed by atoms with van der Waals surface area (Å²) in [6.45, 7) is 29.4. The minimum Gasteiger partial charge on any atom is -0.490 e. The molecule has 0 N–H and O–H groups in total. The zero-order chi connectivity index (χ0) is 58.0. The topological polar surface area (TPSA) is 161 Å². The van der Waals surface area contributed by atoms with E-state index in [9.17, 15) is 0 Å². The summed E-state index contributed by atoms with van der Waals surface area (Å²) >= 11 is 0. The van der Waals surface area contributed by atoms with Gasteiger partial charge in [0.1, 0.15) is 16.1 Å². The van der Waals surface area contributed by atoms with Gasteiger partial charge in [-0.25, -0.2) is 9.97 Å². The van der Waals surface area contributed by atoms with Crippen LogP contribution in [0, 0.1) is 22.9 Å². The molecular formula is C66H80N8O6Si2Zn. The predicted molar refractivity (Wildman–Crippen MR) is 337 cm³/mol. The standard InChI is InChI=1S/C66H80N8O6Si2.Zn/c1-13-19-27-75-53-37-47-49(39-55(53)77-29-21-15-3)63-70-61(47)68-59-45-35-43(25-33-81(7,8)9)44(26-34-82(10,11)12)36-46(45)60(67-59)69-62-48-38-54(76-28-20-14-2)56(78-30-22-16-4)40-50(48)64(71-62)73-66-52-42-58(80-32-24-18-6)57(79-31-23-17-5)41-51(52)65(72-63)74-66;/h35-42H,13-24,27-32H2,1-12H3;/q-2;+2. The number of nitrogens with zero attached hydrogens (tertiary/aromatic N) is 8. The van der Waals surface area contributed by atoms with E-state index in [1.165, 1.54) is 0 Å². The molecule has 0 fully saturated rings. The third-order valence-electron chi connectivity index (χ3n) is 13.7. The number of unbranched alkanes of at least 4 members (excludes halogenated alkanes) is 6. The minimum absolute atomic E-state index is 0. The second kappa shape index (κ2) is 28.2. The SMILES string of the molecule is CCCCOc1cc2c(cc1OCCCC)-c1nc-2nc2[n-]c(nc3nc(nc4[n-]c(n1)c1cc(OCCCC)c(OCCCC)cc41)-c1cc(OCCCC)c(OCCCC)cc1-3)c1cc(C#C[Si](C)(C)C)c(C#C[Si](C)(C)C)cc21.[Zn+2]. The molecule has 0 spiro atoms. The van der Waals surface area contributed by atoms with E-state index >= 15 is 0 Å². The Morgan fingerprint density at radius 1 is 0.337 bits per heavy atom. The zero-order valence-corrected chi connectivity index (χ0v) is 56.0. The molecule has 83 heavy (non-hydrogen) atoms. The van der Waals surface area contributed by atoms with Crippen molar-refractivity contribution in [3.63, 3.8) is 0 Å². The Labute approximate surface area is 505 Å². The average Bonchev–Trinajstić information content (AvgIpc) is 2.47. The van der Waals surface area contributed by atoms with Crippen LogP contribution in [0.15, 0.2) is 48.5 Å². The van der Waals surface area contributed by atoms with Crippen LogP contribution in [0.2, 0.25) is 39.3 Å². The molecule has 0 radical (unpaired) electrons. The van der Waals surface area contributed by atoms with Crippen molar-refractivity contribution >= 4 is 60.3 Å². The normalized spacial score (nSPS) is 11.7. The first-order valence-corrected chi connectivity index (χ1v) is 36.9. The van der Waals surface area contributed by atoms with E-state index in [1.807, 2.05) is 36.4 Å². The fraction of sp³-hybridized carbons (Fsp3) is 0.455. The van der Waals surface area contributed by atoms with Gasteiger partial charge in [0, 0.05) is 56.0 Å². The second-order valence-electron chi connectivity index (χ2n) is 23.2. The van der Waals surface area contributed by atoms with E-state index in [0.717, 1.165) is 98.9 Å². The Morgan fingerprint density at radius 3 is 0.795 bits per heavy atom. The summed E-state index contributed by atoms with van der Waals surface area (Å²) in [4.78, 5) is 42.9. The van der Waals surface area contributed by atoms with E-state index in [1.54, 1.807) is 0 Å². The summed E-state index contributed by atoms with van der Waals surface area (Å²) in [6, 6.07) is 16.0. The van der Waals surface area contributed by atoms with Gasteiger partial charge >= 0.3 is 19.5 Å². The van der Waals surface area contributed by atoms with Gasteiger partial charge in [-0.15, -0.1) is 11.1 Å². The molecule has 0 saturated carbocycles. The van der Waals surface area contributed by atoms with Gasteiger partial charge < -0.3 is 58.3 Å². The summed E-state index contributed by atoms with van der Waals surface area (Å²) in [7, 11) is -3.68. The van der Waals surface area contributed by atoms with Crippen molar-refractivity contribution < 1.29 is 47.9 Å². The fourth-order valence-corrected chi connectivity index (χ4v) is 10.1. The molecule has 0 unspecified atom stereocenters. The van der Waals surface area contributed by atoms with Crippen molar-refractivity contribution in [1.29, 1.82) is 0 Å². The number of hydrogen-bond donors (Lipinski definition) is 0. The molecule has 0 saturated heterocycles. The van der Waals surface area contributed by atoms with Gasteiger partial charge in [-0.2, -0.15) is 0 Å². The molecule has 2 aliphatic rings. The van der Waals surface area contributed by atoms with Gasteiger partial charge in [-0.3, -0.25) is 0 Å². The smallest absolute Gasteiger partial charge is 0.490 e. The maximum absolute atomic E-state index is 6.53. The number of ether oxygens (including phenoxy) is 6. The van der Waals surface area contributed by atoms with Gasteiger partial charge in [-0.05, 0) is 109 Å². The molecule has 0 atom stereocenters. The molecular weight excluding hydrogens is 1120 g/mol. The van der Waals surface area contributed by atoms with Crippen LogP contribution in [0.3, 0.4) is 0 Å². The van der Waals surface area contributed by atoms with Crippen molar-refractivity contribution in [3.05, 3.63) is 59.7 Å². The molecule has 0 amide bonds. The predicted octanol–water partition coefficient (Wildman–Crippen LogP) is 15.7. The average molecular weight is 1200 g/mol. The molecule has 7 aromatic rings. The van der Waals surface area contributed by atoms with Gasteiger partial charge in [-0.1, -0.05) is 131 Å². The third kappa shape index (κ3) is 15.1. The number of fused-ring (bicyclic) bond motifs is 20. The van der Waals surface area contributed by atoms with Crippen molar-refractivity contribution in [2.45, 2.75) is 158 Å². The first-order chi connectivity index (χ1) is 39.6. The Hall–Kier alpha value is -6.78. The van der Waals surface area contributed by atoms with E-state index in [0.29, 0.717) is 153 Å². The molecule has 4 aromatic carbocycles. The van der Waals surface area contributed by atoms with Crippen molar-refractivity contribution in [2.75, 3.05) is 39.6 Å². The molecule has 17 heteroatoms. The monoisotopic (exact) mass is 1200 g/mol. The van der Waals surface area contributed by atoms with Crippen LogP contribution in [0.4, 0.5) is 0 Å². The van der Waals surface area contributed by atoms with Crippen LogP contribution < -0.4 is 38.4 Å². The van der Waals surface area contributed by atoms with Crippen molar-refractivity contribution in [2.24, 2.45) is 0 Å². The first-order valence-electron chi connectivity index (χ1n) is 29.9. The van der Waals surface area contributed by atoms with Crippen LogP contribution in [-0.2, 0) is 19.5 Å². The first kappa shape index (κ1) is 62.3. The Kier molecular flexibility index (Phi) is 21.2. The van der Waals surface area contributed by atoms with Crippen LogP contribution >= 0.6 is 0 Å². The van der Waals surface area contributed by atoms with Gasteiger partial charge in [0.25, 0.3) is 0 Å². The van der Waals surface area contributed by atoms with E-state index in [2.05, 4.69) is 116 Å². The maximum Gasteiger partial charge on any atom is 2.00 e. The van der Waals surface area contributed by atoms with E-state index in [-0.39, 0.29) is 19.5 Å². The fourth-order valence-electron chi connectivity index (χ4n) is 9.08. The molecule has 430 valence electrons. The van der Waals surface area contributed by atoms with Crippen LogP contribution in [0.5, 0.6) is 34.5 Å². The second-order valence-corrected chi connectivity index (χ2v) is 32.7. The molecule has 5 heterocycles. The summed E-state index contributed by atoms with van der Waals surface area (Å²) < 4.78 is 39.2. The number of aromatic nitrogens is 8. The van der Waals surface area contributed by atoms with Crippen LogP contribution in [-0.4, -0.2) is 85.7 Å². The number of rotatable bonds is 24. The van der Waals surface area contributed by atoms with Crippen molar-refractivity contribution in [1.82, 2.24) is 39.9 Å². The summed E-state index contributed by atoms with van der Waals surface area (Å²) in [5, 5.41) is 2.89. The summed E-state index contributed by atoms with van der Waals surface area (Å²) in [5.74, 6) is 12.3. The molecule has 9 rings (SSSR count). The molecule has 14 nitrogen and oxygen atoms in total. The summed E-state index contributed by atoms with van der Waals surface area (Å²) in [6.07, 6.45) is 11.1. The molecule has 3 aromatic heterocycles. The zero-order valence-electron chi connectivity index (χ0n) is 51.1. The van der Waals surface area contributed by atoms with E-state index in [4.69, 9.17) is 68.3 Å². The molecule has 8 bridgehead atoms. The third-order valence-corrected chi connectivity index (χ3v) is 15.5. The van der Waals surface area contributed by atoms with Gasteiger partial charge in [0.2, 0.25) is 0 Å². The minimum atomic E-state index is -1.84. The van der Waals surface area contributed by atoms with Crippen LogP contribution in [0.1, 0.15) is 130 Å². The Balaban J connectivity index is 0.00000900. The summed E-state index contributed by atoms with van der Waals surface area (Å²) in [5.41, 5.74) is 13.3. The maximum atomic E-state index is 6.53. The Morgan fingerprint density at radius 2 is 0.566 bits per heavy atom. The van der Waals surface area contributed by atoms with E-state index < -0.39 is 16.1 Å². The largest absolute Gasteiger partial charge is 2.00 e.